The summed E-state index contributed by atoms with van der Waals surface area (Å²) in [5.74, 6) is 1.63. The van der Waals surface area contributed by atoms with E-state index in [0.717, 1.165) is 49.5 Å². The van der Waals surface area contributed by atoms with E-state index in [-0.39, 0.29) is 5.91 Å². The quantitative estimate of drug-likeness (QED) is 0.779. The van der Waals surface area contributed by atoms with E-state index in [0.29, 0.717) is 17.5 Å². The summed E-state index contributed by atoms with van der Waals surface area (Å²) in [6.45, 7) is 3.45. The van der Waals surface area contributed by atoms with Crippen LogP contribution in [-0.4, -0.2) is 56.3 Å². The van der Waals surface area contributed by atoms with Crippen molar-refractivity contribution in [2.24, 2.45) is 5.92 Å². The molecule has 2 bridgehead atoms. The normalized spacial score (nSPS) is 22.9. The minimum absolute atomic E-state index is 0.102. The third-order valence-electron chi connectivity index (χ3n) is 5.81. The van der Waals surface area contributed by atoms with Gasteiger partial charge in [0.15, 0.2) is 0 Å². The number of pyridine rings is 1. The first-order chi connectivity index (χ1) is 13.3. The van der Waals surface area contributed by atoms with E-state index in [2.05, 4.69) is 20.9 Å². The third kappa shape index (κ3) is 3.21. The van der Waals surface area contributed by atoms with Crippen LogP contribution in [0.5, 0.6) is 0 Å². The molecule has 3 saturated heterocycles. The molecule has 3 aliphatic heterocycles. The van der Waals surface area contributed by atoms with Gasteiger partial charge >= 0.3 is 0 Å². The lowest BCUT2D eigenvalue weighted by Gasteiger charge is -2.35. The summed E-state index contributed by atoms with van der Waals surface area (Å²) in [4.78, 5) is 29.7. The molecule has 3 aromatic rings. The summed E-state index contributed by atoms with van der Waals surface area (Å²) < 4.78 is 0. The first kappa shape index (κ1) is 16.4. The highest BCUT2D eigenvalue weighted by atomic mass is 16.2. The number of para-hydroxylation sites is 2. The minimum atomic E-state index is 0.102. The SMILES string of the molecule is O=C(c1cccnc1)N1CC2CCC(C1)N(Cc1nc3ccccc3[nH]1)C2. The number of nitrogens with one attached hydrogen (secondary N) is 1. The van der Waals surface area contributed by atoms with Crippen molar-refractivity contribution < 1.29 is 4.79 Å². The van der Waals surface area contributed by atoms with E-state index >= 15 is 0 Å². The average molecular weight is 361 g/mol. The predicted molar refractivity (Wildman–Crippen MR) is 103 cm³/mol. The Bertz CT molecular complexity index is 920. The molecule has 6 rings (SSSR count). The average Bonchev–Trinajstić information content (AvgIpc) is 2.89. The molecule has 6 nitrogen and oxygen atoms in total. The van der Waals surface area contributed by atoms with E-state index in [1.807, 2.05) is 35.2 Å². The first-order valence-corrected chi connectivity index (χ1v) is 9.63. The Morgan fingerprint density at radius 2 is 2.04 bits per heavy atom. The number of carbonyl (C=O) groups is 1. The molecule has 138 valence electrons. The number of hydrogen-bond donors (Lipinski definition) is 1. The monoisotopic (exact) mass is 361 g/mol. The van der Waals surface area contributed by atoms with E-state index in [1.165, 1.54) is 6.42 Å². The number of piperidine rings is 1. The zero-order valence-corrected chi connectivity index (χ0v) is 15.2. The summed E-state index contributed by atoms with van der Waals surface area (Å²) in [6.07, 6.45) is 5.71. The predicted octanol–water partition coefficient (Wildman–Crippen LogP) is 2.69. The van der Waals surface area contributed by atoms with Crippen LogP contribution in [0.25, 0.3) is 11.0 Å². The van der Waals surface area contributed by atoms with Crippen LogP contribution in [0.1, 0.15) is 29.0 Å². The molecule has 6 heteroatoms. The van der Waals surface area contributed by atoms with Gasteiger partial charge in [0, 0.05) is 38.1 Å². The van der Waals surface area contributed by atoms with Gasteiger partial charge in [0.05, 0.1) is 23.1 Å². The highest BCUT2D eigenvalue weighted by Crippen LogP contribution is 2.30. The number of H-pyrrole nitrogens is 1. The van der Waals surface area contributed by atoms with Gasteiger partial charge in [-0.1, -0.05) is 12.1 Å². The summed E-state index contributed by atoms with van der Waals surface area (Å²) in [5.41, 5.74) is 2.78. The maximum absolute atomic E-state index is 12.9. The second-order valence-corrected chi connectivity index (χ2v) is 7.68. The van der Waals surface area contributed by atoms with Crippen LogP contribution in [0.15, 0.2) is 48.8 Å². The highest BCUT2D eigenvalue weighted by molar-refractivity contribution is 5.94. The van der Waals surface area contributed by atoms with Crippen molar-refractivity contribution >= 4 is 16.9 Å². The fourth-order valence-corrected chi connectivity index (χ4v) is 4.48. The van der Waals surface area contributed by atoms with E-state index in [4.69, 9.17) is 4.98 Å². The molecule has 5 heterocycles. The lowest BCUT2D eigenvalue weighted by atomic mass is 9.95. The largest absolute Gasteiger partial charge is 0.341 e. The molecule has 1 amide bonds. The van der Waals surface area contributed by atoms with Gasteiger partial charge in [-0.05, 0) is 43.0 Å². The van der Waals surface area contributed by atoms with Crippen LogP contribution in [-0.2, 0) is 6.54 Å². The molecule has 0 aliphatic carbocycles. The number of aromatic amines is 1. The molecule has 3 aliphatic rings. The molecular weight excluding hydrogens is 338 g/mol. The van der Waals surface area contributed by atoms with Gasteiger partial charge in [-0.25, -0.2) is 4.98 Å². The van der Waals surface area contributed by atoms with Crippen molar-refractivity contribution in [1.82, 2.24) is 24.8 Å². The number of amides is 1. The maximum atomic E-state index is 12.9. The summed E-state index contributed by atoms with van der Waals surface area (Å²) in [5, 5.41) is 0. The van der Waals surface area contributed by atoms with Gasteiger partial charge in [-0.15, -0.1) is 0 Å². The fraction of sp³-hybridized carbons (Fsp3) is 0.381. The highest BCUT2D eigenvalue weighted by Gasteiger charge is 2.36. The lowest BCUT2D eigenvalue weighted by molar-refractivity contribution is 0.0735. The minimum Gasteiger partial charge on any atom is -0.341 e. The maximum Gasteiger partial charge on any atom is 0.255 e. The Morgan fingerprint density at radius 1 is 1.11 bits per heavy atom. The van der Waals surface area contributed by atoms with Crippen molar-refractivity contribution in [3.05, 3.63) is 60.2 Å². The van der Waals surface area contributed by atoms with Gasteiger partial charge < -0.3 is 9.88 Å². The zero-order valence-electron chi connectivity index (χ0n) is 15.2. The van der Waals surface area contributed by atoms with Crippen molar-refractivity contribution in [1.29, 1.82) is 0 Å². The van der Waals surface area contributed by atoms with Gasteiger partial charge in [0.1, 0.15) is 5.82 Å². The number of aromatic nitrogens is 3. The van der Waals surface area contributed by atoms with Gasteiger partial charge in [0.25, 0.3) is 5.91 Å². The summed E-state index contributed by atoms with van der Waals surface area (Å²) in [7, 11) is 0. The Morgan fingerprint density at radius 3 is 2.89 bits per heavy atom. The summed E-state index contributed by atoms with van der Waals surface area (Å²) >= 11 is 0. The molecule has 2 aromatic heterocycles. The van der Waals surface area contributed by atoms with Crippen molar-refractivity contribution in [2.45, 2.75) is 25.4 Å². The number of hydrogen-bond acceptors (Lipinski definition) is 4. The van der Waals surface area contributed by atoms with Crippen LogP contribution < -0.4 is 0 Å². The van der Waals surface area contributed by atoms with Crippen LogP contribution in [0.4, 0.5) is 0 Å². The smallest absolute Gasteiger partial charge is 0.255 e. The third-order valence-corrected chi connectivity index (χ3v) is 5.81. The summed E-state index contributed by atoms with van der Waals surface area (Å²) in [6, 6.07) is 12.2. The van der Waals surface area contributed by atoms with Crippen molar-refractivity contribution in [2.75, 3.05) is 19.6 Å². The van der Waals surface area contributed by atoms with Crippen LogP contribution in [0.2, 0.25) is 0 Å². The second kappa shape index (κ2) is 6.78. The number of carbonyl (C=O) groups excluding carboxylic acids is 1. The lowest BCUT2D eigenvalue weighted by Crippen LogP contribution is -2.44. The van der Waals surface area contributed by atoms with Gasteiger partial charge in [0.2, 0.25) is 0 Å². The molecule has 3 fully saturated rings. The first-order valence-electron chi connectivity index (χ1n) is 9.63. The van der Waals surface area contributed by atoms with Crippen LogP contribution >= 0.6 is 0 Å². The van der Waals surface area contributed by atoms with Crippen LogP contribution in [0, 0.1) is 5.92 Å². The van der Waals surface area contributed by atoms with Crippen LogP contribution in [0.3, 0.4) is 0 Å². The number of benzene rings is 1. The number of rotatable bonds is 3. The molecule has 1 aromatic carbocycles. The number of imidazole rings is 1. The molecule has 1 N–H and O–H groups in total. The molecular formula is C21H23N5O. The Hall–Kier alpha value is -2.73. The Balaban J connectivity index is 1.34. The topological polar surface area (TPSA) is 65.1 Å². The zero-order chi connectivity index (χ0) is 18.2. The van der Waals surface area contributed by atoms with Gasteiger partial charge in [-0.2, -0.15) is 0 Å². The molecule has 0 radical (unpaired) electrons. The standard InChI is InChI=1S/C21H23N5O/c27-21(16-4-3-9-22-10-16)26-12-15-7-8-17(13-26)25(11-15)14-20-23-18-5-1-2-6-19(18)24-20/h1-6,9-10,15,17H,7-8,11-14H2,(H,23,24). The molecule has 0 spiro atoms. The Kier molecular flexibility index (Phi) is 4.13. The Labute approximate surface area is 158 Å². The molecule has 27 heavy (non-hydrogen) atoms. The molecule has 0 saturated carbocycles. The van der Waals surface area contributed by atoms with Gasteiger partial charge in [-0.3, -0.25) is 14.7 Å². The van der Waals surface area contributed by atoms with E-state index in [1.54, 1.807) is 12.4 Å². The number of fused-ring (bicyclic) bond motifs is 5. The number of nitrogens with zero attached hydrogens (tertiary/aromatic N) is 4. The van der Waals surface area contributed by atoms with E-state index < -0.39 is 0 Å². The second-order valence-electron chi connectivity index (χ2n) is 7.68. The molecule has 2 atom stereocenters. The fourth-order valence-electron chi connectivity index (χ4n) is 4.48. The van der Waals surface area contributed by atoms with Crippen molar-refractivity contribution in [3.63, 3.8) is 0 Å². The van der Waals surface area contributed by atoms with Crippen molar-refractivity contribution in [3.8, 4) is 0 Å². The molecule has 2 unspecified atom stereocenters. The van der Waals surface area contributed by atoms with E-state index in [9.17, 15) is 4.79 Å².